The van der Waals surface area contributed by atoms with Crippen molar-refractivity contribution < 1.29 is 0 Å². The summed E-state index contributed by atoms with van der Waals surface area (Å²) in [6.45, 7) is 4.23. The number of benzene rings is 2. The van der Waals surface area contributed by atoms with E-state index in [1.807, 2.05) is 42.6 Å². The lowest BCUT2D eigenvalue weighted by atomic mass is 10.0. The number of hydrogen-bond donors (Lipinski definition) is 0. The van der Waals surface area contributed by atoms with Gasteiger partial charge in [0.25, 0.3) is 0 Å². The van der Waals surface area contributed by atoms with Gasteiger partial charge in [-0.05, 0) is 35.7 Å². The minimum Gasteiger partial charge on any atom is -0.293 e. The Balaban J connectivity index is 2.23. The Morgan fingerprint density at radius 3 is 2.00 bits per heavy atom. The average molecular weight is 243 g/mol. The van der Waals surface area contributed by atoms with Crippen LogP contribution in [0.5, 0.6) is 0 Å². The normalized spacial score (nSPS) is 10.9. The molecule has 2 heteroatoms. The molecule has 0 atom stereocenters. The fourth-order valence-corrected chi connectivity index (χ4v) is 1.70. The predicted octanol–water partition coefficient (Wildman–Crippen LogP) is 4.26. The molecule has 1 nitrogen and oxygen atoms in total. The van der Waals surface area contributed by atoms with Crippen LogP contribution in [0.3, 0.4) is 0 Å². The molecular formula is C15H13ClN. The van der Waals surface area contributed by atoms with Crippen LogP contribution in [0, 0.1) is 6.92 Å². The Kier molecular flexibility index (Phi) is 3.94. The van der Waals surface area contributed by atoms with Crippen LogP contribution in [0.2, 0.25) is 5.02 Å². The molecule has 0 fully saturated rings. The first-order valence-corrected chi connectivity index (χ1v) is 5.82. The molecule has 0 saturated carbocycles. The van der Waals surface area contributed by atoms with E-state index in [-0.39, 0.29) is 0 Å². The quantitative estimate of drug-likeness (QED) is 0.713. The summed E-state index contributed by atoms with van der Waals surface area (Å²) >= 11 is 5.86. The van der Waals surface area contributed by atoms with Crippen molar-refractivity contribution in [2.24, 2.45) is 4.99 Å². The molecule has 17 heavy (non-hydrogen) atoms. The molecular weight excluding hydrogens is 230 g/mol. The summed E-state index contributed by atoms with van der Waals surface area (Å²) in [5.41, 5.74) is 3.43. The van der Waals surface area contributed by atoms with Crippen LogP contribution in [-0.2, 0) is 0 Å². The first kappa shape index (κ1) is 11.9. The van der Waals surface area contributed by atoms with Gasteiger partial charge in [-0.25, -0.2) is 0 Å². The standard InChI is InChI=1S/C15H13ClN/c1-2-17-11-12-3-5-13(6-4-12)14-7-9-15(16)10-8-14/h3-11H,1-2H2. The van der Waals surface area contributed by atoms with Crippen molar-refractivity contribution in [3.05, 3.63) is 66.0 Å². The van der Waals surface area contributed by atoms with Crippen LogP contribution in [0.4, 0.5) is 0 Å². The average Bonchev–Trinajstić information content (AvgIpc) is 2.38. The van der Waals surface area contributed by atoms with E-state index in [9.17, 15) is 0 Å². The summed E-state index contributed by atoms with van der Waals surface area (Å²) in [5.74, 6) is 0. The van der Waals surface area contributed by atoms with Gasteiger partial charge in [-0.1, -0.05) is 48.0 Å². The topological polar surface area (TPSA) is 12.4 Å². The first-order valence-electron chi connectivity index (χ1n) is 5.44. The third kappa shape index (κ3) is 3.18. The maximum absolute atomic E-state index is 5.86. The number of nitrogens with zero attached hydrogens (tertiary/aromatic N) is 1. The van der Waals surface area contributed by atoms with Gasteiger partial charge in [0.05, 0.1) is 0 Å². The van der Waals surface area contributed by atoms with E-state index >= 15 is 0 Å². The van der Waals surface area contributed by atoms with Crippen LogP contribution in [0.1, 0.15) is 5.56 Å². The molecule has 85 valence electrons. The van der Waals surface area contributed by atoms with E-state index in [0.717, 1.165) is 16.1 Å². The number of aliphatic imine (C=N–C) groups is 1. The highest BCUT2D eigenvalue weighted by molar-refractivity contribution is 6.30. The summed E-state index contributed by atoms with van der Waals surface area (Å²) < 4.78 is 0. The minimum atomic E-state index is 0.568. The molecule has 0 saturated heterocycles. The van der Waals surface area contributed by atoms with Gasteiger partial charge >= 0.3 is 0 Å². The lowest BCUT2D eigenvalue weighted by Gasteiger charge is -2.02. The van der Waals surface area contributed by atoms with Gasteiger partial charge in [0.1, 0.15) is 0 Å². The molecule has 0 aliphatic carbocycles. The molecule has 2 aromatic rings. The molecule has 0 aromatic heterocycles. The zero-order valence-electron chi connectivity index (χ0n) is 9.44. The van der Waals surface area contributed by atoms with Crippen LogP contribution < -0.4 is 0 Å². The molecule has 0 amide bonds. The molecule has 0 heterocycles. The molecule has 0 unspecified atom stereocenters. The number of halogens is 1. The van der Waals surface area contributed by atoms with Crippen LogP contribution in [0.25, 0.3) is 11.1 Å². The van der Waals surface area contributed by atoms with Crippen molar-refractivity contribution in [2.75, 3.05) is 6.54 Å². The molecule has 0 bridgehead atoms. The smallest absolute Gasteiger partial charge is 0.0406 e. The Labute approximate surface area is 107 Å². The Morgan fingerprint density at radius 2 is 1.47 bits per heavy atom. The van der Waals surface area contributed by atoms with Crippen molar-refractivity contribution in [3.63, 3.8) is 0 Å². The van der Waals surface area contributed by atoms with E-state index in [2.05, 4.69) is 24.0 Å². The molecule has 0 aliphatic heterocycles. The van der Waals surface area contributed by atoms with Gasteiger partial charge in [-0.2, -0.15) is 0 Å². The van der Waals surface area contributed by atoms with Crippen LogP contribution >= 0.6 is 11.6 Å². The number of rotatable bonds is 3. The highest BCUT2D eigenvalue weighted by Crippen LogP contribution is 2.21. The zero-order valence-corrected chi connectivity index (χ0v) is 10.2. The molecule has 1 radical (unpaired) electrons. The predicted molar refractivity (Wildman–Crippen MR) is 74.7 cm³/mol. The zero-order chi connectivity index (χ0) is 12.1. The number of hydrogen-bond acceptors (Lipinski definition) is 1. The second-order valence-electron chi connectivity index (χ2n) is 3.66. The second kappa shape index (κ2) is 5.65. The van der Waals surface area contributed by atoms with Gasteiger partial charge in [-0.3, -0.25) is 4.99 Å². The highest BCUT2D eigenvalue weighted by atomic mass is 35.5. The maximum atomic E-state index is 5.86. The molecule has 0 N–H and O–H groups in total. The van der Waals surface area contributed by atoms with Gasteiger partial charge < -0.3 is 0 Å². The van der Waals surface area contributed by atoms with E-state index < -0.39 is 0 Å². The lowest BCUT2D eigenvalue weighted by Crippen LogP contribution is -1.83. The Bertz CT molecular complexity index is 497. The van der Waals surface area contributed by atoms with Crippen molar-refractivity contribution in [3.8, 4) is 11.1 Å². The lowest BCUT2D eigenvalue weighted by molar-refractivity contribution is 1.26. The third-order valence-corrected chi connectivity index (χ3v) is 2.71. The Hall–Kier alpha value is -1.60. The van der Waals surface area contributed by atoms with E-state index in [0.29, 0.717) is 6.54 Å². The molecule has 2 aromatic carbocycles. The highest BCUT2D eigenvalue weighted by Gasteiger charge is 1.97. The van der Waals surface area contributed by atoms with Crippen LogP contribution in [-0.4, -0.2) is 12.8 Å². The third-order valence-electron chi connectivity index (χ3n) is 2.46. The Morgan fingerprint density at radius 1 is 0.941 bits per heavy atom. The van der Waals surface area contributed by atoms with Crippen molar-refractivity contribution in [1.29, 1.82) is 0 Å². The molecule has 0 aliphatic rings. The van der Waals surface area contributed by atoms with Crippen molar-refractivity contribution in [1.82, 2.24) is 0 Å². The van der Waals surface area contributed by atoms with Gasteiger partial charge in [-0.15, -0.1) is 0 Å². The van der Waals surface area contributed by atoms with E-state index in [1.54, 1.807) is 0 Å². The van der Waals surface area contributed by atoms with Gasteiger partial charge in [0.15, 0.2) is 0 Å². The summed E-state index contributed by atoms with van der Waals surface area (Å²) in [6.07, 6.45) is 1.83. The van der Waals surface area contributed by atoms with Crippen LogP contribution in [0.15, 0.2) is 53.5 Å². The molecule has 2 rings (SSSR count). The fourth-order valence-electron chi connectivity index (χ4n) is 1.57. The SMILES string of the molecule is [CH2]CN=Cc1ccc(-c2ccc(Cl)cc2)cc1. The van der Waals surface area contributed by atoms with E-state index in [1.165, 1.54) is 5.56 Å². The van der Waals surface area contributed by atoms with E-state index in [4.69, 9.17) is 11.6 Å². The second-order valence-corrected chi connectivity index (χ2v) is 4.10. The summed E-state index contributed by atoms with van der Waals surface area (Å²) in [7, 11) is 0. The summed E-state index contributed by atoms with van der Waals surface area (Å²) in [6, 6.07) is 16.1. The minimum absolute atomic E-state index is 0.568. The molecule has 0 spiro atoms. The van der Waals surface area contributed by atoms with Crippen molar-refractivity contribution in [2.45, 2.75) is 0 Å². The first-order chi connectivity index (χ1) is 8.29. The maximum Gasteiger partial charge on any atom is 0.0406 e. The monoisotopic (exact) mass is 242 g/mol. The fraction of sp³-hybridized carbons (Fsp3) is 0.0667. The summed E-state index contributed by atoms with van der Waals surface area (Å²) in [4.78, 5) is 4.10. The summed E-state index contributed by atoms with van der Waals surface area (Å²) in [5, 5.41) is 0.757. The van der Waals surface area contributed by atoms with Crippen molar-refractivity contribution >= 4 is 17.8 Å². The van der Waals surface area contributed by atoms with Gasteiger partial charge in [0, 0.05) is 17.8 Å². The van der Waals surface area contributed by atoms with Gasteiger partial charge in [0.2, 0.25) is 0 Å². The largest absolute Gasteiger partial charge is 0.293 e.